The lowest BCUT2D eigenvalue weighted by Crippen LogP contribution is -1.86. The van der Waals surface area contributed by atoms with E-state index in [-0.39, 0.29) is 6.42 Å². The molecule has 0 bridgehead atoms. The van der Waals surface area contributed by atoms with Crippen LogP contribution in [0.1, 0.15) is 5.56 Å². The fourth-order valence-corrected chi connectivity index (χ4v) is 1.22. The first kappa shape index (κ1) is 8.57. The van der Waals surface area contributed by atoms with Crippen molar-refractivity contribution in [2.24, 2.45) is 0 Å². The summed E-state index contributed by atoms with van der Waals surface area (Å²) in [5.74, 6) is 0. The van der Waals surface area contributed by atoms with Crippen molar-refractivity contribution in [3.63, 3.8) is 0 Å². The zero-order valence-electron chi connectivity index (χ0n) is 5.60. The van der Waals surface area contributed by atoms with Crippen LogP contribution in [-0.4, -0.2) is 6.29 Å². The highest BCUT2D eigenvalue weighted by Crippen LogP contribution is 2.20. The van der Waals surface area contributed by atoms with Crippen molar-refractivity contribution in [2.45, 2.75) is 6.42 Å². The Hall–Kier alpha value is -0.530. The minimum atomic E-state index is 0.218. The van der Waals surface area contributed by atoms with Gasteiger partial charge in [-0.3, -0.25) is 4.79 Å². The molecule has 1 rings (SSSR count). The zero-order valence-corrected chi connectivity index (χ0v) is 7.12. The number of carbonyl (C=O) groups excluding carboxylic acids is 1. The summed E-state index contributed by atoms with van der Waals surface area (Å²) >= 11 is 11.4. The van der Waals surface area contributed by atoms with Crippen LogP contribution < -0.4 is 0 Å². The number of halogens is 2. The van der Waals surface area contributed by atoms with Crippen LogP contribution in [0.15, 0.2) is 18.2 Å². The normalized spacial score (nSPS) is 9.64. The van der Waals surface area contributed by atoms with E-state index in [0.717, 1.165) is 5.56 Å². The summed E-state index contributed by atoms with van der Waals surface area (Å²) in [5.41, 5.74) is 0.756. The van der Waals surface area contributed by atoms with E-state index in [2.05, 4.69) is 0 Å². The third-order valence-electron chi connectivity index (χ3n) is 1.28. The first-order valence-corrected chi connectivity index (χ1v) is 3.78. The van der Waals surface area contributed by atoms with Crippen LogP contribution in [0, 0.1) is 0 Å². The van der Waals surface area contributed by atoms with E-state index >= 15 is 0 Å². The lowest BCUT2D eigenvalue weighted by molar-refractivity contribution is 0.555. The molecule has 0 saturated heterocycles. The molecule has 1 radical (unpaired) electrons. The predicted molar refractivity (Wildman–Crippen MR) is 45.9 cm³/mol. The van der Waals surface area contributed by atoms with Crippen molar-refractivity contribution in [1.82, 2.24) is 0 Å². The average molecular weight is 188 g/mol. The number of benzene rings is 1. The van der Waals surface area contributed by atoms with Gasteiger partial charge in [0.1, 0.15) is 0 Å². The summed E-state index contributed by atoms with van der Waals surface area (Å²) in [4.78, 5) is 9.99. The number of hydrogen-bond donors (Lipinski definition) is 0. The molecule has 0 aromatic heterocycles. The minimum Gasteiger partial charge on any atom is -0.291 e. The third-order valence-corrected chi connectivity index (χ3v) is 1.86. The lowest BCUT2D eigenvalue weighted by atomic mass is 10.2. The van der Waals surface area contributed by atoms with Crippen molar-refractivity contribution in [3.8, 4) is 0 Å². The molecule has 0 aliphatic carbocycles. The molecule has 0 aliphatic heterocycles. The minimum absolute atomic E-state index is 0.218. The van der Waals surface area contributed by atoms with E-state index in [4.69, 9.17) is 23.2 Å². The van der Waals surface area contributed by atoms with E-state index in [1.54, 1.807) is 24.5 Å². The molecular formula is C8H5Cl2O. The molecule has 0 unspecified atom stereocenters. The van der Waals surface area contributed by atoms with Gasteiger partial charge >= 0.3 is 0 Å². The van der Waals surface area contributed by atoms with Gasteiger partial charge in [0.2, 0.25) is 6.29 Å². The Labute approximate surface area is 74.9 Å². The van der Waals surface area contributed by atoms with Gasteiger partial charge in [-0.2, -0.15) is 0 Å². The molecule has 57 valence electrons. The van der Waals surface area contributed by atoms with Crippen molar-refractivity contribution >= 4 is 29.5 Å². The van der Waals surface area contributed by atoms with Crippen LogP contribution in [0.25, 0.3) is 0 Å². The van der Waals surface area contributed by atoms with Crippen LogP contribution in [-0.2, 0) is 11.2 Å². The van der Waals surface area contributed by atoms with Crippen molar-refractivity contribution in [2.75, 3.05) is 0 Å². The topological polar surface area (TPSA) is 17.1 Å². The SMILES string of the molecule is O=[C]Cc1ccc(Cl)cc1Cl. The van der Waals surface area contributed by atoms with Crippen LogP contribution in [0.4, 0.5) is 0 Å². The molecule has 0 saturated carbocycles. The summed E-state index contributed by atoms with van der Waals surface area (Å²) < 4.78 is 0. The highest BCUT2D eigenvalue weighted by Gasteiger charge is 1.99. The van der Waals surface area contributed by atoms with Gasteiger partial charge in [-0.15, -0.1) is 0 Å². The Morgan fingerprint density at radius 3 is 2.64 bits per heavy atom. The van der Waals surface area contributed by atoms with Gasteiger partial charge in [-0.05, 0) is 17.7 Å². The largest absolute Gasteiger partial charge is 0.291 e. The van der Waals surface area contributed by atoms with E-state index in [0.29, 0.717) is 10.0 Å². The smallest absolute Gasteiger partial charge is 0.203 e. The van der Waals surface area contributed by atoms with E-state index in [9.17, 15) is 4.79 Å². The third kappa shape index (κ3) is 2.21. The first-order valence-electron chi connectivity index (χ1n) is 3.03. The Bertz CT molecular complexity index is 271. The molecule has 0 N–H and O–H groups in total. The van der Waals surface area contributed by atoms with Crippen LogP contribution in [0.2, 0.25) is 10.0 Å². The number of rotatable bonds is 2. The summed E-state index contributed by atoms with van der Waals surface area (Å²) in [5, 5.41) is 1.09. The second kappa shape index (κ2) is 3.74. The van der Waals surface area contributed by atoms with Gasteiger partial charge in [-0.25, -0.2) is 0 Å². The van der Waals surface area contributed by atoms with E-state index in [1.807, 2.05) is 0 Å². The fraction of sp³-hybridized carbons (Fsp3) is 0.125. The summed E-state index contributed by atoms with van der Waals surface area (Å²) in [6.45, 7) is 0. The summed E-state index contributed by atoms with van der Waals surface area (Å²) in [6, 6.07) is 5.02. The molecule has 1 aromatic carbocycles. The summed E-state index contributed by atoms with van der Waals surface area (Å²) in [7, 11) is 0. The van der Waals surface area contributed by atoms with Gasteiger partial charge in [0.15, 0.2) is 0 Å². The highest BCUT2D eigenvalue weighted by atomic mass is 35.5. The molecular weight excluding hydrogens is 183 g/mol. The van der Waals surface area contributed by atoms with E-state index in [1.165, 1.54) is 0 Å². The molecule has 0 fully saturated rings. The first-order chi connectivity index (χ1) is 5.24. The average Bonchev–Trinajstić information content (AvgIpc) is 1.95. The predicted octanol–water partition coefficient (Wildman–Crippen LogP) is 2.65. The second-order valence-corrected chi connectivity index (χ2v) is 2.90. The van der Waals surface area contributed by atoms with Crippen molar-refractivity contribution in [1.29, 1.82) is 0 Å². The van der Waals surface area contributed by atoms with Crippen LogP contribution >= 0.6 is 23.2 Å². The van der Waals surface area contributed by atoms with Crippen molar-refractivity contribution in [3.05, 3.63) is 33.8 Å². The van der Waals surface area contributed by atoms with Gasteiger partial charge < -0.3 is 0 Å². The fourth-order valence-electron chi connectivity index (χ4n) is 0.743. The Balaban J connectivity index is 2.98. The van der Waals surface area contributed by atoms with Gasteiger partial charge in [0.25, 0.3) is 0 Å². The van der Waals surface area contributed by atoms with Crippen molar-refractivity contribution < 1.29 is 4.79 Å². The lowest BCUT2D eigenvalue weighted by Gasteiger charge is -1.98. The number of hydrogen-bond acceptors (Lipinski definition) is 1. The molecule has 0 aliphatic rings. The van der Waals surface area contributed by atoms with Gasteiger partial charge in [-0.1, -0.05) is 29.3 Å². The zero-order chi connectivity index (χ0) is 8.27. The van der Waals surface area contributed by atoms with Gasteiger partial charge in [0.05, 0.1) is 0 Å². The Kier molecular flexibility index (Phi) is 2.92. The maximum absolute atomic E-state index is 9.99. The summed E-state index contributed by atoms with van der Waals surface area (Å²) in [6.07, 6.45) is 1.99. The molecule has 0 spiro atoms. The molecule has 0 heterocycles. The molecule has 1 nitrogen and oxygen atoms in total. The molecule has 1 aromatic rings. The van der Waals surface area contributed by atoms with Crippen LogP contribution in [0.3, 0.4) is 0 Å². The molecule has 0 amide bonds. The maximum atomic E-state index is 9.99. The Morgan fingerprint density at radius 1 is 1.36 bits per heavy atom. The van der Waals surface area contributed by atoms with E-state index < -0.39 is 0 Å². The van der Waals surface area contributed by atoms with Crippen LogP contribution in [0.5, 0.6) is 0 Å². The molecule has 11 heavy (non-hydrogen) atoms. The second-order valence-electron chi connectivity index (χ2n) is 2.06. The molecule has 0 atom stereocenters. The molecule has 3 heteroatoms. The quantitative estimate of drug-likeness (QED) is 0.697. The maximum Gasteiger partial charge on any atom is 0.203 e. The van der Waals surface area contributed by atoms with Gasteiger partial charge in [0, 0.05) is 16.5 Å². The highest BCUT2D eigenvalue weighted by molar-refractivity contribution is 6.35. The Morgan fingerprint density at radius 2 is 2.09 bits per heavy atom. The standard InChI is InChI=1S/C8H5Cl2O/c9-7-2-1-6(3-4-11)8(10)5-7/h1-2,5H,3H2. The monoisotopic (exact) mass is 187 g/mol.